The van der Waals surface area contributed by atoms with Gasteiger partial charge in [-0.05, 0) is 42.8 Å². The number of anilines is 1. The van der Waals surface area contributed by atoms with E-state index < -0.39 is 5.82 Å². The van der Waals surface area contributed by atoms with Crippen LogP contribution in [0.15, 0.2) is 36.4 Å². The van der Waals surface area contributed by atoms with Crippen LogP contribution in [0.3, 0.4) is 0 Å². The van der Waals surface area contributed by atoms with Gasteiger partial charge >= 0.3 is 0 Å². The molecule has 1 unspecified atom stereocenters. The fourth-order valence-electron chi connectivity index (χ4n) is 1.77. The van der Waals surface area contributed by atoms with Crippen LogP contribution in [0.25, 0.3) is 0 Å². The van der Waals surface area contributed by atoms with Crippen molar-refractivity contribution in [1.82, 2.24) is 0 Å². The zero-order valence-corrected chi connectivity index (χ0v) is 12.3. The summed E-state index contributed by atoms with van der Waals surface area (Å²) in [5, 5.41) is 4.53. The van der Waals surface area contributed by atoms with Crippen LogP contribution in [-0.4, -0.2) is 0 Å². The maximum atomic E-state index is 13.7. The number of nitrogens with one attached hydrogen (secondary N) is 1. The maximum absolute atomic E-state index is 13.7. The Morgan fingerprint density at radius 2 is 1.63 bits per heavy atom. The van der Waals surface area contributed by atoms with Crippen LogP contribution in [0.1, 0.15) is 18.5 Å². The van der Waals surface area contributed by atoms with Crippen LogP contribution >= 0.6 is 34.8 Å². The lowest BCUT2D eigenvalue weighted by Gasteiger charge is -2.17. The summed E-state index contributed by atoms with van der Waals surface area (Å²) < 4.78 is 13.7. The van der Waals surface area contributed by atoms with Crippen LogP contribution in [-0.2, 0) is 0 Å². The third-order valence-electron chi connectivity index (χ3n) is 2.73. The number of hydrogen-bond acceptors (Lipinski definition) is 1. The molecule has 0 aliphatic carbocycles. The molecule has 100 valence electrons. The van der Waals surface area contributed by atoms with Crippen LogP contribution in [0.5, 0.6) is 0 Å². The van der Waals surface area contributed by atoms with Crippen LogP contribution in [0, 0.1) is 5.82 Å². The predicted octanol–water partition coefficient (Wildman–Crippen LogP) is 5.96. The lowest BCUT2D eigenvalue weighted by atomic mass is 10.1. The fourth-order valence-corrected chi connectivity index (χ4v) is 2.50. The highest BCUT2D eigenvalue weighted by Gasteiger charge is 2.12. The number of rotatable bonds is 3. The van der Waals surface area contributed by atoms with Crippen molar-refractivity contribution in [3.05, 3.63) is 62.8 Å². The second kappa shape index (κ2) is 6.00. The van der Waals surface area contributed by atoms with Crippen LogP contribution in [0.2, 0.25) is 15.1 Å². The molecule has 0 saturated carbocycles. The summed E-state index contributed by atoms with van der Waals surface area (Å²) in [6.07, 6.45) is 0. The van der Waals surface area contributed by atoms with E-state index in [1.54, 1.807) is 24.3 Å². The summed E-state index contributed by atoms with van der Waals surface area (Å²) >= 11 is 17.7. The summed E-state index contributed by atoms with van der Waals surface area (Å²) in [6, 6.07) is 9.56. The minimum absolute atomic E-state index is 0.152. The third-order valence-corrected chi connectivity index (χ3v) is 3.53. The van der Waals surface area contributed by atoms with E-state index in [2.05, 4.69) is 5.32 Å². The zero-order chi connectivity index (χ0) is 14.0. The maximum Gasteiger partial charge on any atom is 0.147 e. The molecular weight excluding hydrogens is 308 g/mol. The molecule has 5 heteroatoms. The summed E-state index contributed by atoms with van der Waals surface area (Å²) in [6.45, 7) is 1.89. The van der Waals surface area contributed by atoms with E-state index in [-0.39, 0.29) is 6.04 Å². The highest BCUT2D eigenvalue weighted by Crippen LogP contribution is 2.29. The van der Waals surface area contributed by atoms with Gasteiger partial charge in [0.2, 0.25) is 0 Å². The molecule has 1 atom stereocenters. The number of halogens is 4. The van der Waals surface area contributed by atoms with Gasteiger partial charge in [-0.15, -0.1) is 0 Å². The summed E-state index contributed by atoms with van der Waals surface area (Å²) in [5.41, 5.74) is 1.23. The van der Waals surface area contributed by atoms with E-state index in [0.29, 0.717) is 20.8 Å². The van der Waals surface area contributed by atoms with Crippen molar-refractivity contribution >= 4 is 40.5 Å². The monoisotopic (exact) mass is 317 g/mol. The van der Waals surface area contributed by atoms with Crippen molar-refractivity contribution in [2.45, 2.75) is 13.0 Å². The minimum atomic E-state index is -0.399. The van der Waals surface area contributed by atoms with Crippen molar-refractivity contribution in [2.24, 2.45) is 0 Å². The lowest BCUT2D eigenvalue weighted by Crippen LogP contribution is -2.08. The molecular formula is C14H11Cl3FN. The molecule has 0 aromatic heterocycles. The van der Waals surface area contributed by atoms with E-state index in [1.807, 2.05) is 13.0 Å². The standard InChI is InChI=1S/C14H11Cl3FN/c1-8(11-4-2-9(15)6-12(11)17)19-14-5-3-10(16)7-13(14)18/h2-8,19H,1H3. The molecule has 0 bridgehead atoms. The first-order valence-corrected chi connectivity index (χ1v) is 6.77. The first-order valence-electron chi connectivity index (χ1n) is 5.64. The van der Waals surface area contributed by atoms with Gasteiger partial charge in [0.05, 0.1) is 11.7 Å². The average Bonchev–Trinajstić information content (AvgIpc) is 2.32. The van der Waals surface area contributed by atoms with E-state index in [1.165, 1.54) is 6.07 Å². The lowest BCUT2D eigenvalue weighted by molar-refractivity contribution is 0.627. The Balaban J connectivity index is 2.23. The topological polar surface area (TPSA) is 12.0 Å². The molecule has 0 amide bonds. The smallest absolute Gasteiger partial charge is 0.147 e. The molecule has 1 nitrogen and oxygen atoms in total. The van der Waals surface area contributed by atoms with Gasteiger partial charge in [0.25, 0.3) is 0 Å². The number of hydrogen-bond donors (Lipinski definition) is 1. The van der Waals surface area contributed by atoms with E-state index in [0.717, 1.165) is 5.56 Å². The van der Waals surface area contributed by atoms with Crippen molar-refractivity contribution in [3.63, 3.8) is 0 Å². The van der Waals surface area contributed by atoms with Crippen LogP contribution in [0.4, 0.5) is 10.1 Å². The minimum Gasteiger partial charge on any atom is -0.376 e. The molecule has 0 aliphatic heterocycles. The van der Waals surface area contributed by atoms with Crippen molar-refractivity contribution in [3.8, 4) is 0 Å². The van der Waals surface area contributed by atoms with Gasteiger partial charge in [-0.2, -0.15) is 0 Å². The van der Waals surface area contributed by atoms with Gasteiger partial charge in [-0.3, -0.25) is 0 Å². The van der Waals surface area contributed by atoms with Gasteiger partial charge < -0.3 is 5.32 Å². The molecule has 2 rings (SSSR count). The average molecular weight is 319 g/mol. The molecule has 1 N–H and O–H groups in total. The highest BCUT2D eigenvalue weighted by atomic mass is 35.5. The molecule has 2 aromatic rings. The first-order chi connectivity index (χ1) is 8.97. The van der Waals surface area contributed by atoms with Gasteiger partial charge in [0.15, 0.2) is 0 Å². The van der Waals surface area contributed by atoms with E-state index >= 15 is 0 Å². The predicted molar refractivity (Wildman–Crippen MR) is 79.9 cm³/mol. The van der Waals surface area contributed by atoms with Crippen molar-refractivity contribution < 1.29 is 4.39 Å². The molecule has 0 spiro atoms. The van der Waals surface area contributed by atoms with Crippen molar-refractivity contribution in [1.29, 1.82) is 0 Å². The molecule has 0 heterocycles. The normalized spacial score (nSPS) is 12.3. The Morgan fingerprint density at radius 3 is 2.26 bits per heavy atom. The Hall–Kier alpha value is -0.960. The van der Waals surface area contributed by atoms with Crippen molar-refractivity contribution in [2.75, 3.05) is 5.32 Å². The second-order valence-electron chi connectivity index (χ2n) is 4.16. The first kappa shape index (κ1) is 14.4. The summed E-state index contributed by atoms with van der Waals surface area (Å²) in [7, 11) is 0. The zero-order valence-electron chi connectivity index (χ0n) is 10.1. The fraction of sp³-hybridized carbons (Fsp3) is 0.143. The van der Waals surface area contributed by atoms with Gasteiger partial charge in [0, 0.05) is 15.1 Å². The quantitative estimate of drug-likeness (QED) is 0.736. The number of benzene rings is 2. The van der Waals surface area contributed by atoms with Gasteiger partial charge in [-0.25, -0.2) is 4.39 Å². The van der Waals surface area contributed by atoms with E-state index in [9.17, 15) is 4.39 Å². The highest BCUT2D eigenvalue weighted by molar-refractivity contribution is 6.35. The molecule has 2 aromatic carbocycles. The SMILES string of the molecule is CC(Nc1ccc(Cl)cc1F)c1ccc(Cl)cc1Cl. The van der Waals surface area contributed by atoms with Crippen LogP contribution < -0.4 is 5.32 Å². The Morgan fingerprint density at radius 1 is 1.00 bits per heavy atom. The second-order valence-corrected chi connectivity index (χ2v) is 5.44. The third kappa shape index (κ3) is 3.53. The Bertz CT molecular complexity index is 601. The van der Waals surface area contributed by atoms with E-state index in [4.69, 9.17) is 34.8 Å². The molecule has 0 radical (unpaired) electrons. The Labute approximate surface area is 126 Å². The molecule has 0 aliphatic rings. The Kier molecular flexibility index (Phi) is 4.56. The molecule has 0 fully saturated rings. The van der Waals surface area contributed by atoms with Gasteiger partial charge in [0.1, 0.15) is 5.82 Å². The summed E-state index contributed by atoms with van der Waals surface area (Å²) in [5.74, 6) is -0.399. The largest absolute Gasteiger partial charge is 0.376 e. The van der Waals surface area contributed by atoms with Gasteiger partial charge in [-0.1, -0.05) is 40.9 Å². The molecule has 0 saturated heterocycles. The summed E-state index contributed by atoms with van der Waals surface area (Å²) in [4.78, 5) is 0. The molecule has 19 heavy (non-hydrogen) atoms.